The van der Waals surface area contributed by atoms with Gasteiger partial charge in [-0.2, -0.15) is 0 Å². The van der Waals surface area contributed by atoms with Crippen LogP contribution in [0.15, 0.2) is 0 Å². The van der Waals surface area contributed by atoms with Gasteiger partial charge in [0.05, 0.1) is 13.5 Å². The molecular weight excluding hydrogens is 184 g/mol. The molecule has 0 aromatic rings. The fourth-order valence-corrected chi connectivity index (χ4v) is 0.820. The van der Waals surface area contributed by atoms with Crippen LogP contribution in [0.1, 0.15) is 20.3 Å². The Kier molecular flexibility index (Phi) is 5.67. The zero-order valence-corrected chi connectivity index (χ0v) is 9.16. The Morgan fingerprint density at radius 2 is 2.00 bits per heavy atom. The van der Waals surface area contributed by atoms with Crippen LogP contribution >= 0.6 is 0 Å². The van der Waals surface area contributed by atoms with Gasteiger partial charge in [0.25, 0.3) is 0 Å². The molecule has 0 aliphatic heterocycles. The maximum Gasteiger partial charge on any atom is 0.317 e. The normalized spacial score (nSPS) is 9.79. The van der Waals surface area contributed by atoms with Crippen LogP contribution in [0.2, 0.25) is 0 Å². The Bertz CT molecular complexity index is 204. The highest BCUT2D eigenvalue weighted by atomic mass is 16.5. The third-order valence-corrected chi connectivity index (χ3v) is 1.64. The summed E-state index contributed by atoms with van der Waals surface area (Å²) in [5.41, 5.74) is 0. The fourth-order valence-electron chi connectivity index (χ4n) is 0.820. The van der Waals surface area contributed by atoms with Crippen molar-refractivity contribution in [1.29, 1.82) is 0 Å². The standard InChI is InChI=1S/C9H18N2O3/c1-7(2)10-9(13)11(3)6-5-8(12)14-4/h7H,5-6H2,1-4H3,(H,10,13). The van der Waals surface area contributed by atoms with Gasteiger partial charge in [-0.3, -0.25) is 4.79 Å². The van der Waals surface area contributed by atoms with E-state index in [4.69, 9.17) is 0 Å². The Hall–Kier alpha value is -1.26. The van der Waals surface area contributed by atoms with E-state index >= 15 is 0 Å². The number of carbonyl (C=O) groups is 2. The number of methoxy groups -OCH3 is 1. The number of amides is 2. The fraction of sp³-hybridized carbons (Fsp3) is 0.778. The molecule has 0 bridgehead atoms. The number of hydrogen-bond acceptors (Lipinski definition) is 3. The van der Waals surface area contributed by atoms with Gasteiger partial charge in [-0.1, -0.05) is 0 Å². The molecule has 82 valence electrons. The van der Waals surface area contributed by atoms with Crippen molar-refractivity contribution < 1.29 is 14.3 Å². The van der Waals surface area contributed by atoms with Gasteiger partial charge in [-0.25, -0.2) is 4.79 Å². The van der Waals surface area contributed by atoms with Crippen molar-refractivity contribution in [1.82, 2.24) is 10.2 Å². The zero-order valence-electron chi connectivity index (χ0n) is 9.16. The van der Waals surface area contributed by atoms with Crippen molar-refractivity contribution in [3.63, 3.8) is 0 Å². The summed E-state index contributed by atoms with van der Waals surface area (Å²) >= 11 is 0. The molecular formula is C9H18N2O3. The third kappa shape index (κ3) is 5.40. The number of nitrogens with one attached hydrogen (secondary N) is 1. The summed E-state index contributed by atoms with van der Waals surface area (Å²) in [4.78, 5) is 23.6. The van der Waals surface area contributed by atoms with E-state index in [0.717, 1.165) is 0 Å². The predicted octanol–water partition coefficient (Wildman–Crippen LogP) is 0.599. The Balaban J connectivity index is 3.78. The van der Waals surface area contributed by atoms with Gasteiger partial charge >= 0.3 is 12.0 Å². The molecule has 0 fully saturated rings. The first-order valence-corrected chi connectivity index (χ1v) is 4.55. The molecule has 0 heterocycles. The minimum absolute atomic E-state index is 0.100. The van der Waals surface area contributed by atoms with Crippen molar-refractivity contribution in [3.05, 3.63) is 0 Å². The number of carbonyl (C=O) groups excluding carboxylic acids is 2. The molecule has 0 spiro atoms. The Morgan fingerprint density at radius 3 is 2.43 bits per heavy atom. The molecule has 0 aliphatic carbocycles. The van der Waals surface area contributed by atoms with Crippen LogP contribution in [0.25, 0.3) is 0 Å². The van der Waals surface area contributed by atoms with Crippen LogP contribution in [0.3, 0.4) is 0 Å². The van der Waals surface area contributed by atoms with E-state index in [1.807, 2.05) is 13.8 Å². The summed E-state index contributed by atoms with van der Waals surface area (Å²) in [7, 11) is 2.97. The second-order valence-electron chi connectivity index (χ2n) is 3.35. The molecule has 0 atom stereocenters. The minimum Gasteiger partial charge on any atom is -0.469 e. The number of nitrogens with zero attached hydrogens (tertiary/aromatic N) is 1. The lowest BCUT2D eigenvalue weighted by molar-refractivity contribution is -0.140. The first-order chi connectivity index (χ1) is 6.47. The molecule has 0 aromatic heterocycles. The molecule has 5 nitrogen and oxygen atoms in total. The first kappa shape index (κ1) is 12.7. The highest BCUT2D eigenvalue weighted by molar-refractivity contribution is 5.75. The predicted molar refractivity (Wildman–Crippen MR) is 52.9 cm³/mol. The quantitative estimate of drug-likeness (QED) is 0.679. The maximum atomic E-state index is 11.3. The molecule has 0 aromatic carbocycles. The molecule has 0 unspecified atom stereocenters. The van der Waals surface area contributed by atoms with Gasteiger partial charge in [0.1, 0.15) is 0 Å². The molecule has 0 saturated carbocycles. The summed E-state index contributed by atoms with van der Waals surface area (Å²) in [6.07, 6.45) is 0.221. The summed E-state index contributed by atoms with van der Waals surface area (Å²) in [5, 5.41) is 2.72. The molecule has 2 amide bonds. The lowest BCUT2D eigenvalue weighted by Crippen LogP contribution is -2.41. The second kappa shape index (κ2) is 6.23. The molecule has 1 N–H and O–H groups in total. The number of hydrogen-bond donors (Lipinski definition) is 1. The number of urea groups is 1. The smallest absolute Gasteiger partial charge is 0.317 e. The van der Waals surface area contributed by atoms with Gasteiger partial charge < -0.3 is 15.0 Å². The van der Waals surface area contributed by atoms with Crippen LogP contribution in [-0.2, 0) is 9.53 Å². The van der Waals surface area contributed by atoms with Crippen LogP contribution in [0.4, 0.5) is 4.79 Å². The van der Waals surface area contributed by atoms with Crippen LogP contribution < -0.4 is 5.32 Å². The molecule has 14 heavy (non-hydrogen) atoms. The lowest BCUT2D eigenvalue weighted by atomic mass is 10.4. The van der Waals surface area contributed by atoms with E-state index in [1.165, 1.54) is 12.0 Å². The summed E-state index contributed by atoms with van der Waals surface area (Å²) in [6.45, 7) is 4.13. The highest BCUT2D eigenvalue weighted by Crippen LogP contribution is 1.91. The maximum absolute atomic E-state index is 11.3. The zero-order chi connectivity index (χ0) is 11.1. The lowest BCUT2D eigenvalue weighted by Gasteiger charge is -2.18. The van der Waals surface area contributed by atoms with Crippen molar-refractivity contribution in [2.45, 2.75) is 26.3 Å². The SMILES string of the molecule is COC(=O)CCN(C)C(=O)NC(C)C. The van der Waals surface area contributed by atoms with Gasteiger partial charge in [0, 0.05) is 19.6 Å². The van der Waals surface area contributed by atoms with E-state index < -0.39 is 0 Å². The molecule has 5 heteroatoms. The van der Waals surface area contributed by atoms with Crippen molar-refractivity contribution in [2.75, 3.05) is 20.7 Å². The molecule has 0 radical (unpaired) electrons. The van der Waals surface area contributed by atoms with Crippen LogP contribution in [-0.4, -0.2) is 43.6 Å². The van der Waals surface area contributed by atoms with Crippen molar-refractivity contribution in [2.24, 2.45) is 0 Å². The van der Waals surface area contributed by atoms with Crippen molar-refractivity contribution >= 4 is 12.0 Å². The molecule has 0 aliphatic rings. The first-order valence-electron chi connectivity index (χ1n) is 4.55. The van der Waals surface area contributed by atoms with Gasteiger partial charge in [-0.05, 0) is 13.8 Å². The van der Waals surface area contributed by atoms with Crippen molar-refractivity contribution in [3.8, 4) is 0 Å². The highest BCUT2D eigenvalue weighted by Gasteiger charge is 2.10. The second-order valence-corrected chi connectivity index (χ2v) is 3.35. The number of rotatable bonds is 4. The van der Waals surface area contributed by atoms with E-state index in [9.17, 15) is 9.59 Å². The van der Waals surface area contributed by atoms with E-state index in [1.54, 1.807) is 7.05 Å². The largest absolute Gasteiger partial charge is 0.469 e. The van der Waals surface area contributed by atoms with E-state index in [2.05, 4.69) is 10.1 Å². The summed E-state index contributed by atoms with van der Waals surface area (Å²) < 4.78 is 4.46. The monoisotopic (exact) mass is 202 g/mol. The topological polar surface area (TPSA) is 58.6 Å². The van der Waals surface area contributed by atoms with E-state index in [0.29, 0.717) is 6.54 Å². The number of esters is 1. The van der Waals surface area contributed by atoms with Crippen LogP contribution in [0, 0.1) is 0 Å². The number of ether oxygens (including phenoxy) is 1. The van der Waals surface area contributed by atoms with Gasteiger partial charge in [0.15, 0.2) is 0 Å². The minimum atomic E-state index is -0.311. The average molecular weight is 202 g/mol. The Morgan fingerprint density at radius 1 is 1.43 bits per heavy atom. The van der Waals surface area contributed by atoms with E-state index in [-0.39, 0.29) is 24.5 Å². The summed E-state index contributed by atoms with van der Waals surface area (Å²) in [6, 6.07) is -0.0769. The van der Waals surface area contributed by atoms with Gasteiger partial charge in [-0.15, -0.1) is 0 Å². The van der Waals surface area contributed by atoms with Crippen LogP contribution in [0.5, 0.6) is 0 Å². The Labute approximate surface area is 84.4 Å². The third-order valence-electron chi connectivity index (χ3n) is 1.64. The molecule has 0 saturated heterocycles. The van der Waals surface area contributed by atoms with Gasteiger partial charge in [0.2, 0.25) is 0 Å². The summed E-state index contributed by atoms with van der Waals surface area (Å²) in [5.74, 6) is -0.311. The molecule has 0 rings (SSSR count). The average Bonchev–Trinajstić information content (AvgIpc) is 2.12.